The van der Waals surface area contributed by atoms with Crippen molar-refractivity contribution in [2.45, 2.75) is 13.3 Å². The molecule has 68 valence electrons. The van der Waals surface area contributed by atoms with Gasteiger partial charge in [-0.3, -0.25) is 0 Å². The summed E-state index contributed by atoms with van der Waals surface area (Å²) in [4.78, 5) is 7.65. The van der Waals surface area contributed by atoms with Crippen molar-refractivity contribution in [2.75, 3.05) is 5.88 Å². The highest BCUT2D eigenvalue weighted by molar-refractivity contribution is 6.17. The lowest BCUT2D eigenvalue weighted by atomic mass is 10.2. The zero-order chi connectivity index (χ0) is 9.26. The van der Waals surface area contributed by atoms with Crippen LogP contribution < -0.4 is 0 Å². The number of hydrogen-bond acceptors (Lipinski definition) is 1. The van der Waals surface area contributed by atoms with Crippen molar-refractivity contribution < 1.29 is 0 Å². The molecule has 2 aromatic rings. The van der Waals surface area contributed by atoms with Crippen LogP contribution in [0, 0.1) is 6.92 Å². The number of halogens is 1. The number of nitrogens with zero attached hydrogens (tertiary/aromatic N) is 1. The van der Waals surface area contributed by atoms with E-state index in [2.05, 4.69) is 29.0 Å². The van der Waals surface area contributed by atoms with Crippen LogP contribution in [0.1, 0.15) is 11.4 Å². The standard InChI is InChI=1S/C10H11ClN2/c1-7-2-3-8-9(6-7)13-10(12-8)4-5-11/h2-3,6H,4-5H2,1H3,(H,12,13). The molecule has 1 aromatic carbocycles. The van der Waals surface area contributed by atoms with Crippen molar-refractivity contribution >= 4 is 22.6 Å². The molecule has 2 rings (SSSR count). The van der Waals surface area contributed by atoms with Crippen LogP contribution in [0.4, 0.5) is 0 Å². The van der Waals surface area contributed by atoms with Gasteiger partial charge in [0.1, 0.15) is 5.82 Å². The molecule has 1 heterocycles. The number of nitrogens with one attached hydrogen (secondary N) is 1. The Labute approximate surface area is 81.9 Å². The van der Waals surface area contributed by atoms with Gasteiger partial charge in [-0.15, -0.1) is 11.6 Å². The third kappa shape index (κ3) is 1.68. The molecule has 0 saturated heterocycles. The Morgan fingerprint density at radius 1 is 1.46 bits per heavy atom. The lowest BCUT2D eigenvalue weighted by Crippen LogP contribution is -1.87. The van der Waals surface area contributed by atoms with Gasteiger partial charge in [0.25, 0.3) is 0 Å². The Morgan fingerprint density at radius 3 is 3.08 bits per heavy atom. The minimum atomic E-state index is 0.610. The zero-order valence-corrected chi connectivity index (χ0v) is 8.23. The Hall–Kier alpha value is -1.02. The third-order valence-electron chi connectivity index (χ3n) is 2.02. The van der Waals surface area contributed by atoms with Crippen LogP contribution in [0.3, 0.4) is 0 Å². The van der Waals surface area contributed by atoms with E-state index in [1.165, 1.54) is 5.56 Å². The molecule has 2 nitrogen and oxygen atoms in total. The normalized spacial score (nSPS) is 10.9. The van der Waals surface area contributed by atoms with Gasteiger partial charge in [-0.1, -0.05) is 6.07 Å². The highest BCUT2D eigenvalue weighted by Gasteiger charge is 2.01. The Morgan fingerprint density at radius 2 is 2.31 bits per heavy atom. The summed E-state index contributed by atoms with van der Waals surface area (Å²) in [6, 6.07) is 6.19. The first-order valence-electron chi connectivity index (χ1n) is 4.31. The topological polar surface area (TPSA) is 28.7 Å². The van der Waals surface area contributed by atoms with Gasteiger partial charge in [-0.25, -0.2) is 4.98 Å². The monoisotopic (exact) mass is 194 g/mol. The van der Waals surface area contributed by atoms with E-state index < -0.39 is 0 Å². The highest BCUT2D eigenvalue weighted by atomic mass is 35.5. The van der Waals surface area contributed by atoms with E-state index in [0.29, 0.717) is 5.88 Å². The van der Waals surface area contributed by atoms with Gasteiger partial charge in [0.15, 0.2) is 0 Å². The predicted molar refractivity (Wildman–Crippen MR) is 55.3 cm³/mol. The van der Waals surface area contributed by atoms with E-state index >= 15 is 0 Å². The summed E-state index contributed by atoms with van der Waals surface area (Å²) < 4.78 is 0. The second-order valence-corrected chi connectivity index (χ2v) is 3.52. The molecule has 1 aromatic heterocycles. The first-order chi connectivity index (χ1) is 6.29. The molecule has 0 atom stereocenters. The number of H-pyrrole nitrogens is 1. The van der Waals surface area contributed by atoms with Gasteiger partial charge in [0.05, 0.1) is 11.0 Å². The van der Waals surface area contributed by atoms with Crippen LogP contribution in [0.5, 0.6) is 0 Å². The number of imidazole rings is 1. The van der Waals surface area contributed by atoms with Crippen molar-refractivity contribution in [1.82, 2.24) is 9.97 Å². The Bertz CT molecular complexity index is 420. The second kappa shape index (κ2) is 3.38. The first-order valence-corrected chi connectivity index (χ1v) is 4.84. The molecular formula is C10H11ClN2. The van der Waals surface area contributed by atoms with Crippen molar-refractivity contribution in [2.24, 2.45) is 0 Å². The molecule has 13 heavy (non-hydrogen) atoms. The summed E-state index contributed by atoms with van der Waals surface area (Å²) in [5.41, 5.74) is 3.36. The molecule has 0 aliphatic heterocycles. The second-order valence-electron chi connectivity index (χ2n) is 3.14. The first kappa shape index (κ1) is 8.57. The molecule has 0 saturated carbocycles. The van der Waals surface area contributed by atoms with Crippen LogP contribution in [-0.2, 0) is 6.42 Å². The number of aromatic amines is 1. The van der Waals surface area contributed by atoms with Crippen molar-refractivity contribution in [3.8, 4) is 0 Å². The van der Waals surface area contributed by atoms with Crippen molar-refractivity contribution in [3.63, 3.8) is 0 Å². The van der Waals surface area contributed by atoms with E-state index in [4.69, 9.17) is 11.6 Å². The van der Waals surface area contributed by atoms with Gasteiger partial charge in [-0.05, 0) is 24.6 Å². The molecule has 0 spiro atoms. The number of aromatic nitrogens is 2. The number of benzene rings is 1. The molecule has 0 bridgehead atoms. The van der Waals surface area contributed by atoms with E-state index in [1.807, 2.05) is 6.07 Å². The number of fused-ring (bicyclic) bond motifs is 1. The summed E-state index contributed by atoms with van der Waals surface area (Å²) in [6.45, 7) is 2.07. The highest BCUT2D eigenvalue weighted by Crippen LogP contribution is 2.13. The maximum Gasteiger partial charge on any atom is 0.108 e. The number of hydrogen-bond donors (Lipinski definition) is 1. The largest absolute Gasteiger partial charge is 0.342 e. The molecule has 0 aliphatic carbocycles. The fourth-order valence-corrected chi connectivity index (χ4v) is 1.56. The number of alkyl halides is 1. The van der Waals surface area contributed by atoms with Gasteiger partial charge in [0, 0.05) is 12.3 Å². The van der Waals surface area contributed by atoms with Gasteiger partial charge in [0.2, 0.25) is 0 Å². The Kier molecular flexibility index (Phi) is 2.23. The fraction of sp³-hybridized carbons (Fsp3) is 0.300. The summed E-state index contributed by atoms with van der Waals surface area (Å²) in [5.74, 6) is 1.58. The molecule has 3 heteroatoms. The molecule has 0 aliphatic rings. The summed E-state index contributed by atoms with van der Waals surface area (Å²) in [5, 5.41) is 0. The van der Waals surface area contributed by atoms with Crippen LogP contribution in [0.15, 0.2) is 18.2 Å². The van der Waals surface area contributed by atoms with E-state index in [0.717, 1.165) is 23.3 Å². The summed E-state index contributed by atoms with van der Waals surface area (Å²) in [6.07, 6.45) is 0.801. The fourth-order valence-electron chi connectivity index (χ4n) is 1.38. The van der Waals surface area contributed by atoms with Crippen LogP contribution >= 0.6 is 11.6 Å². The lowest BCUT2D eigenvalue weighted by molar-refractivity contribution is 1.01. The number of aryl methyl sites for hydroxylation is 2. The van der Waals surface area contributed by atoms with Gasteiger partial charge < -0.3 is 4.98 Å². The molecule has 0 radical (unpaired) electrons. The van der Waals surface area contributed by atoms with E-state index in [-0.39, 0.29) is 0 Å². The smallest absolute Gasteiger partial charge is 0.108 e. The van der Waals surface area contributed by atoms with Crippen LogP contribution in [0.2, 0.25) is 0 Å². The third-order valence-corrected chi connectivity index (χ3v) is 2.21. The maximum atomic E-state index is 5.63. The quantitative estimate of drug-likeness (QED) is 0.732. The SMILES string of the molecule is Cc1ccc2nc(CCCl)[nH]c2c1. The van der Waals surface area contributed by atoms with Crippen molar-refractivity contribution in [3.05, 3.63) is 29.6 Å². The molecule has 0 fully saturated rings. The zero-order valence-electron chi connectivity index (χ0n) is 7.47. The molecule has 0 unspecified atom stereocenters. The van der Waals surface area contributed by atoms with Gasteiger partial charge >= 0.3 is 0 Å². The molecule has 0 amide bonds. The van der Waals surface area contributed by atoms with Crippen LogP contribution in [0.25, 0.3) is 11.0 Å². The van der Waals surface area contributed by atoms with E-state index in [9.17, 15) is 0 Å². The minimum Gasteiger partial charge on any atom is -0.342 e. The van der Waals surface area contributed by atoms with Crippen LogP contribution in [-0.4, -0.2) is 15.8 Å². The van der Waals surface area contributed by atoms with Gasteiger partial charge in [-0.2, -0.15) is 0 Å². The Balaban J connectivity index is 2.49. The lowest BCUT2D eigenvalue weighted by Gasteiger charge is -1.89. The van der Waals surface area contributed by atoms with E-state index in [1.54, 1.807) is 0 Å². The molecule has 1 N–H and O–H groups in total. The summed E-state index contributed by atoms with van der Waals surface area (Å²) in [7, 11) is 0. The number of rotatable bonds is 2. The average Bonchev–Trinajstić information content (AvgIpc) is 2.46. The predicted octanol–water partition coefficient (Wildman–Crippen LogP) is 2.65. The summed E-state index contributed by atoms with van der Waals surface area (Å²) >= 11 is 5.63. The minimum absolute atomic E-state index is 0.610. The molecular weight excluding hydrogens is 184 g/mol. The average molecular weight is 195 g/mol. The maximum absolute atomic E-state index is 5.63. The van der Waals surface area contributed by atoms with Crippen molar-refractivity contribution in [1.29, 1.82) is 0 Å².